The monoisotopic (exact) mass is 311 g/mol. The molecule has 0 bridgehead atoms. The van der Waals surface area contributed by atoms with Crippen molar-refractivity contribution >= 4 is 34.8 Å². The number of nitro benzene ring substituents is 1. The van der Waals surface area contributed by atoms with E-state index in [0.717, 1.165) is 6.07 Å². The summed E-state index contributed by atoms with van der Waals surface area (Å²) in [6, 6.07) is 2.90. The molecule has 0 saturated heterocycles. The van der Waals surface area contributed by atoms with E-state index in [1.165, 1.54) is 19.2 Å². The third-order valence-corrected chi connectivity index (χ3v) is 3.14. The van der Waals surface area contributed by atoms with Gasteiger partial charge in [-0.1, -0.05) is 11.6 Å². The van der Waals surface area contributed by atoms with E-state index in [1.54, 1.807) is 0 Å². The highest BCUT2D eigenvalue weighted by molar-refractivity contribution is 6.47. The fraction of sp³-hybridized carbons (Fsp3) is 0.250. The minimum atomic E-state index is -0.771. The van der Waals surface area contributed by atoms with Crippen molar-refractivity contribution in [1.82, 2.24) is 5.43 Å². The molecule has 21 heavy (non-hydrogen) atoms. The van der Waals surface area contributed by atoms with Gasteiger partial charge in [0.25, 0.3) is 5.69 Å². The van der Waals surface area contributed by atoms with Crippen molar-refractivity contribution < 1.29 is 19.2 Å². The number of carbonyl (C=O) groups is 2. The van der Waals surface area contributed by atoms with E-state index in [2.05, 4.69) is 15.3 Å². The van der Waals surface area contributed by atoms with Crippen LogP contribution >= 0.6 is 11.6 Å². The van der Waals surface area contributed by atoms with Crippen LogP contribution in [0.15, 0.2) is 23.3 Å². The zero-order valence-corrected chi connectivity index (χ0v) is 11.6. The molecule has 0 aromatic heterocycles. The second-order valence-corrected chi connectivity index (χ2v) is 4.65. The van der Waals surface area contributed by atoms with E-state index in [9.17, 15) is 19.7 Å². The number of Topliss-reactive ketones (excluding diaryl/α,β-unsaturated/α-hetero) is 1. The second kappa shape index (κ2) is 5.88. The van der Waals surface area contributed by atoms with Crippen LogP contribution in [-0.4, -0.2) is 35.5 Å². The van der Waals surface area contributed by atoms with E-state index in [1.807, 2.05) is 0 Å². The summed E-state index contributed by atoms with van der Waals surface area (Å²) in [6.07, 6.45) is -0.00479. The summed E-state index contributed by atoms with van der Waals surface area (Å²) >= 11 is 5.77. The molecule has 1 aromatic rings. The van der Waals surface area contributed by atoms with Crippen molar-refractivity contribution in [1.29, 1.82) is 0 Å². The molecule has 2 rings (SSSR count). The Morgan fingerprint density at radius 3 is 2.86 bits per heavy atom. The Labute approximate surface area is 123 Å². The molecule has 0 spiro atoms. The van der Waals surface area contributed by atoms with Gasteiger partial charge in [-0.15, -0.1) is 0 Å². The lowest BCUT2D eigenvalue weighted by Gasteiger charge is -2.06. The fourth-order valence-electron chi connectivity index (χ4n) is 1.87. The number of esters is 1. The fourth-order valence-corrected chi connectivity index (χ4v) is 2.04. The minimum absolute atomic E-state index is 0.00479. The summed E-state index contributed by atoms with van der Waals surface area (Å²) in [7, 11) is 1.21. The number of ether oxygens (including phenoxy) is 1. The van der Waals surface area contributed by atoms with Gasteiger partial charge in [0.05, 0.1) is 12.0 Å². The number of halogens is 1. The highest BCUT2D eigenvalue weighted by Gasteiger charge is 2.32. The van der Waals surface area contributed by atoms with Gasteiger partial charge >= 0.3 is 5.97 Å². The molecule has 9 heteroatoms. The molecule has 110 valence electrons. The highest BCUT2D eigenvalue weighted by atomic mass is 35.5. The number of hydrogen-bond acceptors (Lipinski definition) is 7. The van der Waals surface area contributed by atoms with Crippen molar-refractivity contribution in [2.24, 2.45) is 5.10 Å². The zero-order chi connectivity index (χ0) is 15.6. The number of carbonyl (C=O) groups excluding carboxylic acids is 2. The molecule has 0 amide bonds. The Morgan fingerprint density at radius 2 is 2.24 bits per heavy atom. The maximum Gasteiger partial charge on any atom is 0.330 e. The Balaban J connectivity index is 2.28. The Morgan fingerprint density at radius 1 is 1.52 bits per heavy atom. The quantitative estimate of drug-likeness (QED) is 0.388. The average Bonchev–Trinajstić information content (AvgIpc) is 2.95. The Hall–Kier alpha value is -2.48. The molecule has 1 heterocycles. The third-order valence-electron chi connectivity index (χ3n) is 2.90. The number of hydrazone groups is 1. The van der Waals surface area contributed by atoms with Crippen molar-refractivity contribution in [2.75, 3.05) is 7.11 Å². The van der Waals surface area contributed by atoms with Crippen LogP contribution in [0.5, 0.6) is 0 Å². The van der Waals surface area contributed by atoms with Crippen LogP contribution < -0.4 is 5.43 Å². The first kappa shape index (κ1) is 14.9. The molecule has 0 saturated carbocycles. The van der Waals surface area contributed by atoms with Crippen LogP contribution in [0.3, 0.4) is 0 Å². The van der Waals surface area contributed by atoms with Crippen LogP contribution in [-0.2, 0) is 9.53 Å². The molecule has 1 atom stereocenters. The van der Waals surface area contributed by atoms with Gasteiger partial charge in [-0.05, 0) is 12.1 Å². The number of rotatable bonds is 4. The SMILES string of the molecule is COC(=O)C1CC(C(=O)c2cc(Cl)ccc2[N+](=O)[O-])=NN1. The van der Waals surface area contributed by atoms with Crippen LogP contribution in [0, 0.1) is 10.1 Å². The predicted molar refractivity (Wildman–Crippen MR) is 73.4 cm³/mol. The lowest BCUT2D eigenvalue weighted by atomic mass is 10.0. The molecule has 1 unspecified atom stereocenters. The number of nitrogens with one attached hydrogen (secondary N) is 1. The smallest absolute Gasteiger partial charge is 0.330 e. The normalized spacial score (nSPS) is 16.9. The number of nitrogens with zero attached hydrogens (tertiary/aromatic N) is 2. The topological polar surface area (TPSA) is 111 Å². The molecule has 0 fully saturated rings. The number of benzene rings is 1. The van der Waals surface area contributed by atoms with Crippen LogP contribution in [0.1, 0.15) is 16.8 Å². The van der Waals surface area contributed by atoms with Gasteiger partial charge in [0.1, 0.15) is 17.3 Å². The van der Waals surface area contributed by atoms with Gasteiger partial charge in [0.15, 0.2) is 0 Å². The van der Waals surface area contributed by atoms with E-state index >= 15 is 0 Å². The predicted octanol–water partition coefficient (Wildman–Crippen LogP) is 1.32. The highest BCUT2D eigenvalue weighted by Crippen LogP contribution is 2.24. The summed E-state index contributed by atoms with van der Waals surface area (Å²) < 4.78 is 4.53. The summed E-state index contributed by atoms with van der Waals surface area (Å²) in [6.45, 7) is 0. The molecule has 1 aromatic carbocycles. The molecule has 0 aliphatic carbocycles. The van der Waals surface area contributed by atoms with Crippen molar-refractivity contribution in [3.8, 4) is 0 Å². The molecule has 1 aliphatic rings. The Bertz CT molecular complexity index is 658. The van der Waals surface area contributed by atoms with Crippen LogP contribution in [0.2, 0.25) is 5.02 Å². The summed E-state index contributed by atoms with van der Waals surface area (Å²) in [5, 5.41) is 14.9. The van der Waals surface area contributed by atoms with E-state index in [0.29, 0.717) is 0 Å². The zero-order valence-electron chi connectivity index (χ0n) is 10.8. The maximum atomic E-state index is 12.3. The van der Waals surface area contributed by atoms with Crippen LogP contribution in [0.25, 0.3) is 0 Å². The van der Waals surface area contributed by atoms with Crippen molar-refractivity contribution in [3.63, 3.8) is 0 Å². The lowest BCUT2D eigenvalue weighted by molar-refractivity contribution is -0.385. The third kappa shape index (κ3) is 3.00. The number of nitro groups is 1. The van der Waals surface area contributed by atoms with E-state index < -0.39 is 22.7 Å². The summed E-state index contributed by atoms with van der Waals surface area (Å²) in [5.74, 6) is -1.22. The van der Waals surface area contributed by atoms with Crippen molar-refractivity contribution in [2.45, 2.75) is 12.5 Å². The second-order valence-electron chi connectivity index (χ2n) is 4.22. The number of ketones is 1. The lowest BCUT2D eigenvalue weighted by Crippen LogP contribution is -2.31. The van der Waals surface area contributed by atoms with E-state index in [-0.39, 0.29) is 28.4 Å². The molecule has 1 aliphatic heterocycles. The minimum Gasteiger partial charge on any atom is -0.467 e. The van der Waals surface area contributed by atoms with Crippen molar-refractivity contribution in [3.05, 3.63) is 38.9 Å². The summed E-state index contributed by atoms with van der Waals surface area (Å²) in [4.78, 5) is 33.9. The van der Waals surface area contributed by atoms with Gasteiger partial charge in [-0.3, -0.25) is 20.3 Å². The van der Waals surface area contributed by atoms with Gasteiger partial charge in [-0.2, -0.15) is 5.10 Å². The molecule has 1 N–H and O–H groups in total. The molecular weight excluding hydrogens is 302 g/mol. The Kier molecular flexibility index (Phi) is 4.18. The number of hydrogen-bond donors (Lipinski definition) is 1. The largest absolute Gasteiger partial charge is 0.467 e. The molecule has 8 nitrogen and oxygen atoms in total. The van der Waals surface area contributed by atoms with Crippen LogP contribution in [0.4, 0.5) is 5.69 Å². The maximum absolute atomic E-state index is 12.3. The molecular formula is C12H10ClN3O5. The first-order valence-corrected chi connectivity index (χ1v) is 6.20. The standard InChI is InChI=1S/C12H10ClN3O5/c1-21-12(18)9-5-8(14-15-9)11(17)7-4-6(13)2-3-10(7)16(19)20/h2-4,9,15H,5H2,1H3. The first-order valence-electron chi connectivity index (χ1n) is 5.82. The molecule has 0 radical (unpaired) electrons. The van der Waals surface area contributed by atoms with E-state index in [4.69, 9.17) is 11.6 Å². The average molecular weight is 312 g/mol. The van der Waals surface area contributed by atoms with Gasteiger partial charge in [0.2, 0.25) is 5.78 Å². The first-order chi connectivity index (χ1) is 9.93. The van der Waals surface area contributed by atoms with Gasteiger partial charge in [-0.25, -0.2) is 4.79 Å². The van der Waals surface area contributed by atoms with Gasteiger partial charge in [0, 0.05) is 17.5 Å². The van der Waals surface area contributed by atoms with Gasteiger partial charge < -0.3 is 4.74 Å². The summed E-state index contributed by atoms with van der Waals surface area (Å²) in [5.41, 5.74) is 1.94. The number of methoxy groups -OCH3 is 1.